The molecule has 1 aliphatic rings. The van der Waals surface area contributed by atoms with E-state index in [4.69, 9.17) is 18.9 Å². The number of fused-ring (bicyclic) bond motifs is 1. The van der Waals surface area contributed by atoms with E-state index in [0.717, 1.165) is 5.56 Å². The Morgan fingerprint density at radius 2 is 1.84 bits per heavy atom. The lowest BCUT2D eigenvalue weighted by Gasteiger charge is -2.30. The van der Waals surface area contributed by atoms with Crippen LogP contribution in [0.2, 0.25) is 0 Å². The van der Waals surface area contributed by atoms with Crippen molar-refractivity contribution in [1.29, 1.82) is 0 Å². The summed E-state index contributed by atoms with van der Waals surface area (Å²) >= 11 is 0. The number of carbonyl (C=O) groups is 3. The standard InChI is InChI=1S/C23H26N2O7/c1-23(2,3)32-21(27)24-17-13-19-18(12-16(17)20(26)29-4)25(10-11-30-19)22(28)31-14-15-8-6-5-7-9-15/h5-9,12-13H,10-11,14H2,1-4H3,(H,24,27). The zero-order chi connectivity index (χ0) is 23.3. The predicted octanol–water partition coefficient (Wildman–Crippen LogP) is 4.36. The highest BCUT2D eigenvalue weighted by Gasteiger charge is 2.29. The largest absolute Gasteiger partial charge is 0.489 e. The van der Waals surface area contributed by atoms with E-state index in [1.54, 1.807) is 20.8 Å². The van der Waals surface area contributed by atoms with Gasteiger partial charge in [0.2, 0.25) is 0 Å². The number of carbonyl (C=O) groups excluding carboxylic acids is 3. The van der Waals surface area contributed by atoms with Gasteiger partial charge < -0.3 is 18.9 Å². The van der Waals surface area contributed by atoms with Crippen molar-refractivity contribution >= 4 is 29.5 Å². The van der Waals surface area contributed by atoms with E-state index in [1.165, 1.54) is 24.1 Å². The van der Waals surface area contributed by atoms with Crippen molar-refractivity contribution in [3.8, 4) is 5.75 Å². The molecule has 2 aromatic carbocycles. The summed E-state index contributed by atoms with van der Waals surface area (Å²) < 4.78 is 21.2. The first kappa shape index (κ1) is 22.9. The van der Waals surface area contributed by atoms with Gasteiger partial charge in [0.05, 0.1) is 30.6 Å². The molecule has 0 unspecified atom stereocenters. The Bertz CT molecular complexity index is 999. The van der Waals surface area contributed by atoms with Crippen molar-refractivity contribution in [1.82, 2.24) is 0 Å². The fourth-order valence-electron chi connectivity index (χ4n) is 3.04. The molecule has 2 amide bonds. The van der Waals surface area contributed by atoms with Crippen LogP contribution in [-0.2, 0) is 20.8 Å². The SMILES string of the molecule is COC(=O)c1cc2c(cc1NC(=O)OC(C)(C)C)OCCN2C(=O)OCc1ccccc1. The van der Waals surface area contributed by atoms with Gasteiger partial charge in [0, 0.05) is 6.07 Å². The van der Waals surface area contributed by atoms with Gasteiger partial charge in [-0.3, -0.25) is 10.2 Å². The van der Waals surface area contributed by atoms with Gasteiger partial charge in [-0.05, 0) is 32.4 Å². The third kappa shape index (κ3) is 5.69. The second-order valence-corrected chi connectivity index (χ2v) is 8.02. The summed E-state index contributed by atoms with van der Waals surface area (Å²) in [5, 5.41) is 2.55. The number of nitrogens with one attached hydrogen (secondary N) is 1. The number of anilines is 2. The highest BCUT2D eigenvalue weighted by molar-refractivity contribution is 6.03. The van der Waals surface area contributed by atoms with Crippen LogP contribution in [-0.4, -0.2) is 44.0 Å². The minimum Gasteiger partial charge on any atom is -0.489 e. The summed E-state index contributed by atoms with van der Waals surface area (Å²) in [7, 11) is 1.22. The molecule has 0 bridgehead atoms. The molecular formula is C23H26N2O7. The Morgan fingerprint density at radius 3 is 2.50 bits per heavy atom. The number of amides is 2. The lowest BCUT2D eigenvalue weighted by atomic mass is 10.1. The highest BCUT2D eigenvalue weighted by atomic mass is 16.6. The van der Waals surface area contributed by atoms with Gasteiger partial charge in [-0.25, -0.2) is 14.4 Å². The quantitative estimate of drug-likeness (QED) is 0.554. The Balaban J connectivity index is 1.86. The minimum absolute atomic E-state index is 0.0449. The van der Waals surface area contributed by atoms with Crippen molar-refractivity contribution < 1.29 is 33.3 Å². The Morgan fingerprint density at radius 1 is 1.12 bits per heavy atom. The fourth-order valence-corrected chi connectivity index (χ4v) is 3.04. The molecular weight excluding hydrogens is 416 g/mol. The highest BCUT2D eigenvalue weighted by Crippen LogP contribution is 2.37. The average molecular weight is 442 g/mol. The first-order valence-electron chi connectivity index (χ1n) is 10.1. The van der Waals surface area contributed by atoms with E-state index in [-0.39, 0.29) is 31.0 Å². The smallest absolute Gasteiger partial charge is 0.414 e. The van der Waals surface area contributed by atoms with Crippen LogP contribution in [0.4, 0.5) is 21.0 Å². The third-order valence-electron chi connectivity index (χ3n) is 4.43. The molecule has 1 aliphatic heterocycles. The van der Waals surface area contributed by atoms with Gasteiger partial charge in [0.15, 0.2) is 0 Å². The zero-order valence-electron chi connectivity index (χ0n) is 18.5. The van der Waals surface area contributed by atoms with Crippen LogP contribution >= 0.6 is 0 Å². The summed E-state index contributed by atoms with van der Waals surface area (Å²) in [5.41, 5.74) is 0.651. The molecule has 170 valence electrons. The number of ether oxygens (including phenoxy) is 4. The minimum atomic E-state index is -0.738. The van der Waals surface area contributed by atoms with Crippen LogP contribution < -0.4 is 15.0 Å². The van der Waals surface area contributed by atoms with E-state index in [1.807, 2.05) is 30.3 Å². The number of nitrogens with zero attached hydrogens (tertiary/aromatic N) is 1. The van der Waals surface area contributed by atoms with Gasteiger partial charge in [0.1, 0.15) is 24.6 Å². The molecule has 3 rings (SSSR count). The third-order valence-corrected chi connectivity index (χ3v) is 4.43. The van der Waals surface area contributed by atoms with Crippen molar-refractivity contribution in [2.24, 2.45) is 0 Å². The lowest BCUT2D eigenvalue weighted by molar-refractivity contribution is 0.0601. The lowest BCUT2D eigenvalue weighted by Crippen LogP contribution is -2.38. The molecule has 9 nitrogen and oxygen atoms in total. The number of rotatable bonds is 4. The number of esters is 1. The molecule has 2 aromatic rings. The van der Waals surface area contributed by atoms with Crippen LogP contribution in [0.3, 0.4) is 0 Å². The number of methoxy groups -OCH3 is 1. The maximum Gasteiger partial charge on any atom is 0.414 e. The Labute approximate surface area is 186 Å². The fraction of sp³-hybridized carbons (Fsp3) is 0.348. The number of hydrogen-bond donors (Lipinski definition) is 1. The van der Waals surface area contributed by atoms with Crippen molar-refractivity contribution in [3.05, 3.63) is 53.6 Å². The van der Waals surface area contributed by atoms with Crippen LogP contribution in [0.1, 0.15) is 36.7 Å². The van der Waals surface area contributed by atoms with E-state index in [0.29, 0.717) is 11.4 Å². The topological polar surface area (TPSA) is 103 Å². The summed E-state index contributed by atoms with van der Waals surface area (Å²) in [4.78, 5) is 38.8. The molecule has 0 saturated heterocycles. The van der Waals surface area contributed by atoms with E-state index in [2.05, 4.69) is 5.32 Å². The molecule has 9 heteroatoms. The number of hydrogen-bond acceptors (Lipinski definition) is 7. The van der Waals surface area contributed by atoms with Gasteiger partial charge in [-0.1, -0.05) is 30.3 Å². The molecule has 0 spiro atoms. The van der Waals surface area contributed by atoms with E-state index >= 15 is 0 Å². The monoisotopic (exact) mass is 442 g/mol. The van der Waals surface area contributed by atoms with Crippen molar-refractivity contribution in [2.45, 2.75) is 33.0 Å². The van der Waals surface area contributed by atoms with Gasteiger partial charge >= 0.3 is 18.2 Å². The molecule has 0 saturated carbocycles. The molecule has 32 heavy (non-hydrogen) atoms. The second-order valence-electron chi connectivity index (χ2n) is 8.02. The number of benzene rings is 2. The Kier molecular flexibility index (Phi) is 6.87. The van der Waals surface area contributed by atoms with Crippen LogP contribution in [0.15, 0.2) is 42.5 Å². The van der Waals surface area contributed by atoms with E-state index < -0.39 is 23.8 Å². The average Bonchev–Trinajstić information content (AvgIpc) is 2.75. The van der Waals surface area contributed by atoms with E-state index in [9.17, 15) is 14.4 Å². The molecule has 1 heterocycles. The molecule has 0 aliphatic carbocycles. The van der Waals surface area contributed by atoms with Crippen LogP contribution in [0, 0.1) is 0 Å². The van der Waals surface area contributed by atoms with Gasteiger partial charge in [-0.15, -0.1) is 0 Å². The molecule has 0 atom stereocenters. The molecule has 1 N–H and O–H groups in total. The maximum atomic E-state index is 12.7. The first-order valence-corrected chi connectivity index (χ1v) is 10.1. The second kappa shape index (κ2) is 9.59. The van der Waals surface area contributed by atoms with Crippen molar-refractivity contribution in [3.63, 3.8) is 0 Å². The molecule has 0 radical (unpaired) electrons. The summed E-state index contributed by atoms with van der Waals surface area (Å²) in [6, 6.07) is 12.2. The van der Waals surface area contributed by atoms with Crippen molar-refractivity contribution in [2.75, 3.05) is 30.5 Å². The normalized spacial score (nSPS) is 12.8. The van der Waals surface area contributed by atoms with Crippen LogP contribution in [0.25, 0.3) is 0 Å². The molecule has 0 aromatic heterocycles. The zero-order valence-corrected chi connectivity index (χ0v) is 18.5. The maximum absolute atomic E-state index is 12.7. The molecule has 0 fully saturated rings. The van der Waals surface area contributed by atoms with Gasteiger partial charge in [0.25, 0.3) is 0 Å². The first-order chi connectivity index (χ1) is 15.2. The summed E-state index contributed by atoms with van der Waals surface area (Å²) in [6.07, 6.45) is -1.32. The predicted molar refractivity (Wildman–Crippen MR) is 117 cm³/mol. The Hall–Kier alpha value is -3.75. The summed E-state index contributed by atoms with van der Waals surface area (Å²) in [5.74, 6) is -0.381. The van der Waals surface area contributed by atoms with Crippen LogP contribution in [0.5, 0.6) is 5.75 Å². The summed E-state index contributed by atoms with van der Waals surface area (Å²) in [6.45, 7) is 5.74. The van der Waals surface area contributed by atoms with Gasteiger partial charge in [-0.2, -0.15) is 0 Å².